The maximum Gasteiger partial charge on any atom is 0.328 e. The number of aromatic nitrogens is 2. The van der Waals surface area contributed by atoms with Gasteiger partial charge in [0.1, 0.15) is 10.4 Å². The van der Waals surface area contributed by atoms with Crippen molar-refractivity contribution in [2.24, 2.45) is 0 Å². The highest BCUT2D eigenvalue weighted by Crippen LogP contribution is 2.16. The number of unbranched alkanes of at least 4 members (excludes halogenated alkanes) is 1. The van der Waals surface area contributed by atoms with Crippen molar-refractivity contribution in [2.75, 3.05) is 7.11 Å². The molecule has 0 atom stereocenters. The van der Waals surface area contributed by atoms with Crippen LogP contribution in [0.25, 0.3) is 10.2 Å². The van der Waals surface area contributed by atoms with Crippen LogP contribution in [-0.2, 0) is 17.9 Å². The Morgan fingerprint density at radius 3 is 2.85 bits per heavy atom. The first kappa shape index (κ1) is 18.9. The number of para-hydroxylation sites is 1. The van der Waals surface area contributed by atoms with Crippen molar-refractivity contribution in [3.05, 3.63) is 62.1 Å². The number of carbonyl (C=O) groups excluding carboxylic acids is 1. The van der Waals surface area contributed by atoms with Crippen LogP contribution in [0.2, 0.25) is 0 Å². The number of benzene rings is 1. The van der Waals surface area contributed by atoms with Gasteiger partial charge in [-0.1, -0.05) is 18.2 Å². The zero-order valence-corrected chi connectivity index (χ0v) is 15.8. The summed E-state index contributed by atoms with van der Waals surface area (Å²) >= 11 is 1.31. The Morgan fingerprint density at radius 2 is 2.04 bits per heavy atom. The molecule has 2 N–H and O–H groups in total. The van der Waals surface area contributed by atoms with Crippen LogP contribution in [0.15, 0.2) is 45.3 Å². The molecule has 1 amide bonds. The molecule has 0 saturated carbocycles. The number of carbonyl (C=O) groups is 1. The van der Waals surface area contributed by atoms with Gasteiger partial charge in [0.05, 0.1) is 12.6 Å². The summed E-state index contributed by atoms with van der Waals surface area (Å²) in [7, 11) is 1.60. The lowest BCUT2D eigenvalue weighted by atomic mass is 10.2. The summed E-state index contributed by atoms with van der Waals surface area (Å²) < 4.78 is 7.00. The third kappa shape index (κ3) is 4.46. The molecule has 142 valence electrons. The van der Waals surface area contributed by atoms with Gasteiger partial charge < -0.3 is 15.0 Å². The van der Waals surface area contributed by atoms with Gasteiger partial charge in [0.2, 0.25) is 5.91 Å². The van der Waals surface area contributed by atoms with Gasteiger partial charge in [-0.05, 0) is 30.4 Å². The molecule has 0 fully saturated rings. The Labute approximate surface area is 159 Å². The number of hydrogen-bond acceptors (Lipinski definition) is 5. The molecule has 0 unspecified atom stereocenters. The predicted molar refractivity (Wildman–Crippen MR) is 105 cm³/mol. The number of thiophene rings is 1. The van der Waals surface area contributed by atoms with Crippen LogP contribution >= 0.6 is 11.3 Å². The molecule has 0 bridgehead atoms. The third-order valence-corrected chi connectivity index (χ3v) is 5.20. The van der Waals surface area contributed by atoms with E-state index in [2.05, 4.69) is 10.3 Å². The fourth-order valence-electron chi connectivity index (χ4n) is 2.86. The molecule has 0 spiro atoms. The molecule has 0 radical (unpaired) electrons. The summed E-state index contributed by atoms with van der Waals surface area (Å²) in [6, 6.07) is 9.24. The molecule has 27 heavy (non-hydrogen) atoms. The van der Waals surface area contributed by atoms with Crippen molar-refractivity contribution in [3.63, 3.8) is 0 Å². The zero-order valence-electron chi connectivity index (χ0n) is 15.0. The monoisotopic (exact) mass is 387 g/mol. The summed E-state index contributed by atoms with van der Waals surface area (Å²) in [5, 5.41) is 4.64. The summed E-state index contributed by atoms with van der Waals surface area (Å²) in [5.41, 5.74) is 0.800. The number of ether oxygens (including phenoxy) is 1. The molecular formula is C19H21N3O4S. The maximum atomic E-state index is 12.3. The van der Waals surface area contributed by atoms with Gasteiger partial charge in [-0.15, -0.1) is 11.3 Å². The predicted octanol–water partition coefficient (Wildman–Crippen LogP) is 2.25. The second-order valence-electron chi connectivity index (χ2n) is 6.10. The third-order valence-electron chi connectivity index (χ3n) is 4.30. The molecule has 3 aromatic rings. The largest absolute Gasteiger partial charge is 0.496 e. The van der Waals surface area contributed by atoms with Crippen LogP contribution < -0.4 is 21.3 Å². The van der Waals surface area contributed by atoms with E-state index in [0.717, 1.165) is 11.3 Å². The summed E-state index contributed by atoms with van der Waals surface area (Å²) in [6.45, 7) is 0.693. The molecule has 0 aliphatic rings. The van der Waals surface area contributed by atoms with Gasteiger partial charge in [0, 0.05) is 25.1 Å². The van der Waals surface area contributed by atoms with Gasteiger partial charge in [0.25, 0.3) is 5.56 Å². The Morgan fingerprint density at radius 1 is 1.22 bits per heavy atom. The van der Waals surface area contributed by atoms with Crippen molar-refractivity contribution in [2.45, 2.75) is 32.4 Å². The molecule has 7 nitrogen and oxygen atoms in total. The van der Waals surface area contributed by atoms with E-state index in [1.54, 1.807) is 18.6 Å². The number of fused-ring (bicyclic) bond motifs is 1. The molecule has 0 aliphatic carbocycles. The SMILES string of the molecule is COc1ccccc1CNC(=O)CCCCn1c(=O)[nH]c2ccsc2c1=O. The van der Waals surface area contributed by atoms with Gasteiger partial charge in [-0.25, -0.2) is 4.79 Å². The number of aromatic amines is 1. The average molecular weight is 387 g/mol. The standard InChI is InChI=1S/C19H21N3O4S/c1-26-15-7-3-2-6-13(15)12-20-16(23)8-4-5-10-22-18(24)17-14(9-11-27-17)21-19(22)25/h2-3,6-7,9,11H,4-5,8,10,12H2,1H3,(H,20,23)(H,21,25). The van der Waals surface area contributed by atoms with Crippen LogP contribution in [0.3, 0.4) is 0 Å². The topological polar surface area (TPSA) is 93.2 Å². The molecular weight excluding hydrogens is 366 g/mol. The van der Waals surface area contributed by atoms with E-state index in [-0.39, 0.29) is 11.5 Å². The lowest BCUT2D eigenvalue weighted by molar-refractivity contribution is -0.121. The Bertz CT molecular complexity index is 1050. The van der Waals surface area contributed by atoms with Crippen LogP contribution in [0.1, 0.15) is 24.8 Å². The number of rotatable bonds is 8. The van der Waals surface area contributed by atoms with Gasteiger partial charge in [0.15, 0.2) is 0 Å². The van der Waals surface area contributed by atoms with Crippen molar-refractivity contribution in [3.8, 4) is 5.75 Å². The fraction of sp³-hybridized carbons (Fsp3) is 0.316. The van der Waals surface area contributed by atoms with Crippen molar-refractivity contribution in [1.29, 1.82) is 0 Å². The molecule has 0 saturated heterocycles. The summed E-state index contributed by atoms with van der Waals surface area (Å²) in [6.07, 6.45) is 1.50. The second kappa shape index (κ2) is 8.68. The summed E-state index contributed by atoms with van der Waals surface area (Å²) in [4.78, 5) is 39.1. The quantitative estimate of drug-likeness (QED) is 0.580. The van der Waals surface area contributed by atoms with Crippen molar-refractivity contribution in [1.82, 2.24) is 14.9 Å². The van der Waals surface area contributed by atoms with E-state index in [0.29, 0.717) is 42.6 Å². The number of hydrogen-bond donors (Lipinski definition) is 2. The Kier molecular flexibility index (Phi) is 6.08. The molecule has 1 aromatic carbocycles. The van der Waals surface area contributed by atoms with E-state index in [4.69, 9.17) is 4.74 Å². The minimum Gasteiger partial charge on any atom is -0.496 e. The fourth-order valence-corrected chi connectivity index (χ4v) is 3.66. The van der Waals surface area contributed by atoms with Crippen LogP contribution in [0, 0.1) is 0 Å². The van der Waals surface area contributed by atoms with Crippen LogP contribution in [0.5, 0.6) is 5.75 Å². The second-order valence-corrected chi connectivity index (χ2v) is 7.01. The number of amides is 1. The zero-order chi connectivity index (χ0) is 19.2. The van der Waals surface area contributed by atoms with Crippen LogP contribution in [0.4, 0.5) is 0 Å². The van der Waals surface area contributed by atoms with E-state index in [9.17, 15) is 14.4 Å². The van der Waals surface area contributed by atoms with E-state index in [1.165, 1.54) is 15.9 Å². The Hall–Kier alpha value is -2.87. The molecule has 3 rings (SSSR count). The highest BCUT2D eigenvalue weighted by molar-refractivity contribution is 7.17. The van der Waals surface area contributed by atoms with E-state index >= 15 is 0 Å². The molecule has 2 aromatic heterocycles. The smallest absolute Gasteiger partial charge is 0.328 e. The lowest BCUT2D eigenvalue weighted by Gasteiger charge is -2.09. The van der Waals surface area contributed by atoms with E-state index in [1.807, 2.05) is 24.3 Å². The minimum absolute atomic E-state index is 0.0733. The Balaban J connectivity index is 1.48. The first-order valence-electron chi connectivity index (χ1n) is 8.69. The van der Waals surface area contributed by atoms with Crippen molar-refractivity contribution >= 4 is 27.5 Å². The highest BCUT2D eigenvalue weighted by Gasteiger charge is 2.09. The normalized spacial score (nSPS) is 10.9. The van der Waals surface area contributed by atoms with Crippen molar-refractivity contribution < 1.29 is 9.53 Å². The number of nitrogens with one attached hydrogen (secondary N) is 2. The molecule has 2 heterocycles. The minimum atomic E-state index is -0.411. The van der Waals surface area contributed by atoms with E-state index < -0.39 is 5.69 Å². The summed E-state index contributed by atoms with van der Waals surface area (Å²) in [5.74, 6) is 0.663. The number of nitrogens with zero attached hydrogens (tertiary/aromatic N) is 1. The number of H-pyrrole nitrogens is 1. The molecule has 8 heteroatoms. The first-order valence-corrected chi connectivity index (χ1v) is 9.57. The van der Waals surface area contributed by atoms with Crippen LogP contribution in [-0.4, -0.2) is 22.6 Å². The van der Waals surface area contributed by atoms with Gasteiger partial charge >= 0.3 is 5.69 Å². The average Bonchev–Trinajstić information content (AvgIpc) is 3.14. The van der Waals surface area contributed by atoms with Gasteiger partial charge in [-0.2, -0.15) is 0 Å². The highest BCUT2D eigenvalue weighted by atomic mass is 32.1. The first-order chi connectivity index (χ1) is 13.1. The van der Waals surface area contributed by atoms with Gasteiger partial charge in [-0.3, -0.25) is 14.2 Å². The molecule has 0 aliphatic heterocycles. The number of methoxy groups -OCH3 is 1. The lowest BCUT2D eigenvalue weighted by Crippen LogP contribution is -2.34. The maximum absolute atomic E-state index is 12.3.